The van der Waals surface area contributed by atoms with Crippen LogP contribution in [0, 0.1) is 0 Å². The van der Waals surface area contributed by atoms with Crippen molar-refractivity contribution < 1.29 is 9.05 Å². The van der Waals surface area contributed by atoms with E-state index < -0.39 is 8.38 Å². The third-order valence-corrected chi connectivity index (χ3v) is 6.27. The number of hydrogen-bond acceptors (Lipinski definition) is 3. The number of aromatic amines is 1. The Kier molecular flexibility index (Phi) is 6.71. The molecule has 0 spiro atoms. The molecule has 0 bridgehead atoms. The number of hydrogen-bond donors (Lipinski definition) is 2. The molecule has 1 unspecified atom stereocenters. The summed E-state index contributed by atoms with van der Waals surface area (Å²) in [5.74, 6) is -0.225. The van der Waals surface area contributed by atoms with Gasteiger partial charge in [0.25, 0.3) is 0 Å². The molecule has 0 amide bonds. The summed E-state index contributed by atoms with van der Waals surface area (Å²) in [7, 11) is -1.27. The summed E-state index contributed by atoms with van der Waals surface area (Å²) in [5.41, 5.74) is 11.1. The second-order valence-electron chi connectivity index (χ2n) is 6.93. The third kappa shape index (κ3) is 5.31. The molecule has 3 N–H and O–H groups in total. The summed E-state index contributed by atoms with van der Waals surface area (Å²) >= 11 is 0. The van der Waals surface area contributed by atoms with Gasteiger partial charge in [-0.05, 0) is 29.2 Å². The number of H-pyrrole nitrogens is 1. The van der Waals surface area contributed by atoms with Crippen LogP contribution in [0.1, 0.15) is 16.7 Å². The van der Waals surface area contributed by atoms with Crippen LogP contribution >= 0.6 is 8.38 Å². The lowest BCUT2D eigenvalue weighted by Gasteiger charge is -2.23. The number of nitrogens with one attached hydrogen (secondary N) is 1. The van der Waals surface area contributed by atoms with E-state index in [9.17, 15) is 0 Å². The first-order chi connectivity index (χ1) is 14.3. The minimum absolute atomic E-state index is 0.225. The molecule has 1 atom stereocenters. The summed E-state index contributed by atoms with van der Waals surface area (Å²) in [5, 5.41) is 1.20. The Labute approximate surface area is 172 Å². The van der Waals surface area contributed by atoms with Gasteiger partial charge in [0.2, 0.25) is 0 Å². The summed E-state index contributed by atoms with van der Waals surface area (Å²) < 4.78 is 12.4. The molecule has 0 fully saturated rings. The number of aromatic nitrogens is 1. The van der Waals surface area contributed by atoms with Crippen LogP contribution < -0.4 is 5.73 Å². The molecule has 1 aromatic heterocycles. The zero-order valence-corrected chi connectivity index (χ0v) is 17.1. The van der Waals surface area contributed by atoms with Crippen molar-refractivity contribution in [2.75, 3.05) is 0 Å². The standard InChI is InChI=1S/C24H25N2O2P/c25-24(15-21-16-26-23-14-8-7-13-22(21)23)29(27-17-19-9-3-1-4-10-19)28-18-20-11-5-2-6-12-20/h1-14,16,24,26H,15,17-18,25H2. The maximum absolute atomic E-state index is 6.59. The van der Waals surface area contributed by atoms with Crippen molar-refractivity contribution in [2.24, 2.45) is 5.73 Å². The predicted molar refractivity (Wildman–Crippen MR) is 119 cm³/mol. The molecular weight excluding hydrogens is 379 g/mol. The lowest BCUT2D eigenvalue weighted by molar-refractivity contribution is 0.229. The molecular formula is C24H25N2O2P. The van der Waals surface area contributed by atoms with Crippen LogP contribution in [0.15, 0.2) is 91.1 Å². The number of rotatable bonds is 9. The quantitative estimate of drug-likeness (QED) is 0.350. The van der Waals surface area contributed by atoms with E-state index in [2.05, 4.69) is 41.4 Å². The topological polar surface area (TPSA) is 60.3 Å². The van der Waals surface area contributed by atoms with Crippen molar-refractivity contribution in [1.29, 1.82) is 0 Å². The molecule has 0 radical (unpaired) electrons. The Morgan fingerprint density at radius 1 is 0.759 bits per heavy atom. The molecule has 4 nitrogen and oxygen atoms in total. The van der Waals surface area contributed by atoms with Crippen molar-refractivity contribution in [1.82, 2.24) is 4.98 Å². The lowest BCUT2D eigenvalue weighted by Crippen LogP contribution is -2.22. The molecule has 0 saturated heterocycles. The smallest absolute Gasteiger partial charge is 0.189 e. The van der Waals surface area contributed by atoms with Gasteiger partial charge in [-0.1, -0.05) is 78.9 Å². The Balaban J connectivity index is 1.46. The minimum atomic E-state index is -1.27. The molecule has 5 heteroatoms. The zero-order chi connectivity index (χ0) is 19.9. The second-order valence-corrected chi connectivity index (χ2v) is 8.68. The molecule has 29 heavy (non-hydrogen) atoms. The van der Waals surface area contributed by atoms with Gasteiger partial charge >= 0.3 is 0 Å². The first-order valence-electron chi connectivity index (χ1n) is 9.73. The highest BCUT2D eigenvalue weighted by atomic mass is 31.2. The Hall–Kier alpha value is -2.49. The van der Waals surface area contributed by atoms with Gasteiger partial charge in [0, 0.05) is 17.1 Å². The zero-order valence-electron chi connectivity index (χ0n) is 16.2. The molecule has 0 aliphatic rings. The van der Waals surface area contributed by atoms with Gasteiger partial charge in [-0.25, -0.2) is 0 Å². The Bertz CT molecular complexity index is 977. The summed E-state index contributed by atoms with van der Waals surface area (Å²) in [6, 6.07) is 28.5. The van der Waals surface area contributed by atoms with Crippen LogP contribution in [0.25, 0.3) is 10.9 Å². The van der Waals surface area contributed by atoms with E-state index >= 15 is 0 Å². The van der Waals surface area contributed by atoms with E-state index in [1.165, 1.54) is 10.9 Å². The Morgan fingerprint density at radius 2 is 1.31 bits per heavy atom. The predicted octanol–water partition coefficient (Wildman–Crippen LogP) is 5.74. The van der Waals surface area contributed by atoms with Crippen LogP contribution in [0.4, 0.5) is 0 Å². The van der Waals surface area contributed by atoms with E-state index in [0.29, 0.717) is 19.6 Å². The maximum Gasteiger partial charge on any atom is 0.189 e. The van der Waals surface area contributed by atoms with Gasteiger partial charge in [-0.3, -0.25) is 0 Å². The number of fused-ring (bicyclic) bond motifs is 1. The SMILES string of the molecule is NC(Cc1c[nH]c2ccccc12)P(OCc1ccccc1)OCc1ccccc1. The highest BCUT2D eigenvalue weighted by molar-refractivity contribution is 7.48. The average molecular weight is 404 g/mol. The fraction of sp³-hybridized carbons (Fsp3) is 0.167. The van der Waals surface area contributed by atoms with Crippen LogP contribution in [-0.2, 0) is 28.7 Å². The van der Waals surface area contributed by atoms with Crippen LogP contribution in [-0.4, -0.2) is 10.8 Å². The van der Waals surface area contributed by atoms with E-state index in [-0.39, 0.29) is 5.78 Å². The van der Waals surface area contributed by atoms with Gasteiger partial charge in [-0.2, -0.15) is 0 Å². The van der Waals surface area contributed by atoms with Gasteiger partial charge in [0.1, 0.15) is 0 Å². The summed E-state index contributed by atoms with van der Waals surface area (Å²) in [6.07, 6.45) is 2.73. The second kappa shape index (κ2) is 9.82. The number of benzene rings is 3. The first-order valence-corrected chi connectivity index (χ1v) is 11.0. The van der Waals surface area contributed by atoms with E-state index in [1.54, 1.807) is 0 Å². The van der Waals surface area contributed by atoms with Crippen LogP contribution in [0.5, 0.6) is 0 Å². The van der Waals surface area contributed by atoms with Crippen molar-refractivity contribution in [2.45, 2.75) is 25.4 Å². The molecule has 1 heterocycles. The highest BCUT2D eigenvalue weighted by Gasteiger charge is 2.22. The summed E-state index contributed by atoms with van der Waals surface area (Å²) in [4.78, 5) is 3.32. The number of para-hydroxylation sites is 1. The average Bonchev–Trinajstić information content (AvgIpc) is 3.18. The maximum atomic E-state index is 6.59. The third-order valence-electron chi connectivity index (χ3n) is 4.78. The molecule has 4 rings (SSSR count). The van der Waals surface area contributed by atoms with Crippen LogP contribution in [0.3, 0.4) is 0 Å². The van der Waals surface area contributed by atoms with E-state index in [0.717, 1.165) is 16.6 Å². The van der Waals surface area contributed by atoms with Gasteiger partial charge in [-0.15, -0.1) is 0 Å². The molecule has 0 saturated carbocycles. The van der Waals surface area contributed by atoms with Gasteiger partial charge in [0.15, 0.2) is 8.38 Å². The van der Waals surface area contributed by atoms with Gasteiger partial charge < -0.3 is 19.8 Å². The molecule has 0 aliphatic heterocycles. The van der Waals surface area contributed by atoms with Gasteiger partial charge in [0.05, 0.1) is 19.0 Å². The lowest BCUT2D eigenvalue weighted by atomic mass is 10.1. The Morgan fingerprint density at radius 3 is 1.93 bits per heavy atom. The number of nitrogens with two attached hydrogens (primary N) is 1. The van der Waals surface area contributed by atoms with Crippen molar-refractivity contribution in [3.8, 4) is 0 Å². The highest BCUT2D eigenvalue weighted by Crippen LogP contribution is 2.45. The van der Waals surface area contributed by atoms with E-state index in [4.69, 9.17) is 14.8 Å². The normalized spacial score (nSPS) is 12.5. The summed E-state index contributed by atoms with van der Waals surface area (Å²) in [6.45, 7) is 0.978. The van der Waals surface area contributed by atoms with Crippen LogP contribution in [0.2, 0.25) is 0 Å². The first kappa shape index (κ1) is 19.8. The molecule has 0 aliphatic carbocycles. The monoisotopic (exact) mass is 404 g/mol. The van der Waals surface area contributed by atoms with Crippen molar-refractivity contribution in [3.05, 3.63) is 108 Å². The molecule has 3 aromatic carbocycles. The largest absolute Gasteiger partial charge is 0.361 e. The van der Waals surface area contributed by atoms with Crippen molar-refractivity contribution >= 4 is 19.3 Å². The molecule has 148 valence electrons. The minimum Gasteiger partial charge on any atom is -0.361 e. The fourth-order valence-corrected chi connectivity index (χ4v) is 4.61. The van der Waals surface area contributed by atoms with Crippen molar-refractivity contribution in [3.63, 3.8) is 0 Å². The molecule has 4 aromatic rings. The van der Waals surface area contributed by atoms with E-state index in [1.807, 2.05) is 54.7 Å². The fourth-order valence-electron chi connectivity index (χ4n) is 3.25.